The zero-order valence-corrected chi connectivity index (χ0v) is 17.3. The third kappa shape index (κ3) is 4.47. The number of carbonyl (C=O) groups is 1. The van der Waals surface area contributed by atoms with Crippen molar-refractivity contribution in [2.45, 2.75) is 6.92 Å². The molecule has 3 rings (SSSR count). The van der Waals surface area contributed by atoms with Crippen LogP contribution in [-0.4, -0.2) is 25.0 Å². The molecule has 0 amide bonds. The average Bonchev–Trinajstić information content (AvgIpc) is 3.24. The Morgan fingerprint density at radius 3 is 2.47 bits per heavy atom. The van der Waals surface area contributed by atoms with Gasteiger partial charge in [0.15, 0.2) is 17.3 Å². The molecule has 0 spiro atoms. The van der Waals surface area contributed by atoms with Crippen molar-refractivity contribution in [3.63, 3.8) is 0 Å². The molecule has 6 nitrogen and oxygen atoms in total. The minimum atomic E-state index is -0.327. The van der Waals surface area contributed by atoms with E-state index in [1.165, 1.54) is 50.8 Å². The van der Waals surface area contributed by atoms with E-state index < -0.39 is 0 Å². The van der Waals surface area contributed by atoms with Crippen LogP contribution in [-0.2, 0) is 0 Å². The van der Waals surface area contributed by atoms with Crippen molar-refractivity contribution in [2.24, 2.45) is 0 Å². The highest BCUT2D eigenvalue weighted by Gasteiger charge is 2.15. The lowest BCUT2D eigenvalue weighted by atomic mass is 10.1. The number of halogens is 1. The number of hydrogen-bond donors (Lipinski definition) is 1. The largest absolute Gasteiger partial charge is 0.493 e. The molecule has 0 fully saturated rings. The fourth-order valence-electron chi connectivity index (χ4n) is 2.73. The molecule has 0 saturated carbocycles. The molecule has 0 aliphatic heterocycles. The predicted molar refractivity (Wildman–Crippen MR) is 114 cm³/mol. The number of carbonyl (C=O) groups excluding carboxylic acids is 1. The van der Waals surface area contributed by atoms with Crippen molar-refractivity contribution in [3.8, 4) is 28.8 Å². The molecular formula is C22H18FN3O3S. The Morgan fingerprint density at radius 1 is 1.20 bits per heavy atom. The van der Waals surface area contributed by atoms with Crippen molar-refractivity contribution >= 4 is 28.4 Å². The van der Waals surface area contributed by atoms with Crippen LogP contribution in [0.15, 0.2) is 48.0 Å². The van der Waals surface area contributed by atoms with Crippen molar-refractivity contribution in [1.82, 2.24) is 4.98 Å². The molecule has 1 heterocycles. The van der Waals surface area contributed by atoms with E-state index in [2.05, 4.69) is 16.4 Å². The van der Waals surface area contributed by atoms with Crippen molar-refractivity contribution in [1.29, 1.82) is 5.26 Å². The van der Waals surface area contributed by atoms with Gasteiger partial charge < -0.3 is 14.8 Å². The van der Waals surface area contributed by atoms with Gasteiger partial charge in [0.05, 0.1) is 25.6 Å². The van der Waals surface area contributed by atoms with Gasteiger partial charge in [-0.1, -0.05) is 0 Å². The summed E-state index contributed by atoms with van der Waals surface area (Å²) in [6.07, 6.45) is 1.49. The number of allylic oxidation sites excluding steroid dienone is 1. The Balaban J connectivity index is 1.92. The minimum Gasteiger partial charge on any atom is -0.493 e. The van der Waals surface area contributed by atoms with Gasteiger partial charge in [-0.2, -0.15) is 5.26 Å². The van der Waals surface area contributed by atoms with E-state index in [-0.39, 0.29) is 17.2 Å². The summed E-state index contributed by atoms with van der Waals surface area (Å²) in [5.41, 5.74) is 2.56. The number of nitrogens with zero attached hydrogens (tertiary/aromatic N) is 2. The van der Waals surface area contributed by atoms with Gasteiger partial charge in [-0.15, -0.1) is 11.3 Å². The molecule has 0 saturated heterocycles. The summed E-state index contributed by atoms with van der Waals surface area (Å²) in [6.45, 7) is 1.44. The number of rotatable bonds is 7. The summed E-state index contributed by atoms with van der Waals surface area (Å²) in [6, 6.07) is 11.3. The minimum absolute atomic E-state index is 0.168. The van der Waals surface area contributed by atoms with E-state index in [9.17, 15) is 14.4 Å². The first-order valence-corrected chi connectivity index (χ1v) is 9.70. The lowest BCUT2D eigenvalue weighted by Crippen LogP contribution is -2.03. The molecule has 8 heteroatoms. The monoisotopic (exact) mass is 423 g/mol. The fourth-order valence-corrected chi connectivity index (χ4v) is 3.53. The van der Waals surface area contributed by atoms with Gasteiger partial charge in [-0.25, -0.2) is 9.37 Å². The zero-order valence-electron chi connectivity index (χ0n) is 16.5. The standard InChI is InChI=1S/C22H18FN3O3S/c1-13(27)17-8-20(28-2)21(29-3)9-18(17)25-11-15(10-24)22-26-19(12-30-22)14-4-6-16(23)7-5-14/h4-9,11-12,25H,1-3H3/b15-11+. The Hall–Kier alpha value is -3.70. The maximum atomic E-state index is 13.1. The van der Waals surface area contributed by atoms with E-state index in [4.69, 9.17) is 9.47 Å². The number of aromatic nitrogens is 1. The van der Waals surface area contributed by atoms with Crippen LogP contribution in [0.5, 0.6) is 11.5 Å². The van der Waals surface area contributed by atoms with Crippen LogP contribution in [0.1, 0.15) is 22.3 Å². The lowest BCUT2D eigenvalue weighted by Gasteiger charge is -2.13. The molecule has 1 N–H and O–H groups in total. The van der Waals surface area contributed by atoms with Gasteiger partial charge in [0.2, 0.25) is 0 Å². The second-order valence-electron chi connectivity index (χ2n) is 6.17. The topological polar surface area (TPSA) is 84.2 Å². The second-order valence-corrected chi connectivity index (χ2v) is 7.03. The second kappa shape index (κ2) is 9.20. The first kappa shape index (κ1) is 21.0. The number of methoxy groups -OCH3 is 2. The van der Waals surface area contributed by atoms with Gasteiger partial charge in [0.25, 0.3) is 0 Å². The molecule has 30 heavy (non-hydrogen) atoms. The Bertz CT molecular complexity index is 1150. The van der Waals surface area contributed by atoms with Crippen LogP contribution in [0.3, 0.4) is 0 Å². The highest BCUT2D eigenvalue weighted by Crippen LogP contribution is 2.34. The predicted octanol–water partition coefficient (Wildman–Crippen LogP) is 5.15. The number of Topliss-reactive ketones (excluding diaryl/α,β-unsaturated/α-hetero) is 1. The first-order chi connectivity index (χ1) is 14.5. The van der Waals surface area contributed by atoms with Crippen LogP contribution in [0.2, 0.25) is 0 Å². The summed E-state index contributed by atoms with van der Waals surface area (Å²) >= 11 is 1.29. The van der Waals surface area contributed by atoms with Crippen LogP contribution in [0.25, 0.3) is 16.8 Å². The number of anilines is 1. The Morgan fingerprint density at radius 2 is 1.87 bits per heavy atom. The van der Waals surface area contributed by atoms with E-state index >= 15 is 0 Å². The average molecular weight is 423 g/mol. The quantitative estimate of drug-likeness (QED) is 0.418. The molecule has 3 aromatic rings. The Labute approximate surface area is 177 Å². The molecule has 1 aromatic heterocycles. The van der Waals surface area contributed by atoms with Crippen LogP contribution < -0.4 is 14.8 Å². The maximum Gasteiger partial charge on any atom is 0.162 e. The number of nitriles is 1. The lowest BCUT2D eigenvalue weighted by molar-refractivity contribution is 0.101. The number of hydrogen-bond acceptors (Lipinski definition) is 7. The number of thiazole rings is 1. The summed E-state index contributed by atoms with van der Waals surface area (Å²) in [5.74, 6) is 0.386. The number of ether oxygens (including phenoxy) is 2. The van der Waals surface area contributed by atoms with Crippen molar-refractivity contribution in [2.75, 3.05) is 19.5 Å². The highest BCUT2D eigenvalue weighted by atomic mass is 32.1. The maximum absolute atomic E-state index is 13.1. The number of benzene rings is 2. The third-order valence-corrected chi connectivity index (χ3v) is 5.15. The summed E-state index contributed by atoms with van der Waals surface area (Å²) in [5, 5.41) is 14.9. The zero-order chi connectivity index (χ0) is 21.7. The highest BCUT2D eigenvalue weighted by molar-refractivity contribution is 7.11. The van der Waals surface area contributed by atoms with Crippen LogP contribution in [0, 0.1) is 17.1 Å². The third-order valence-electron chi connectivity index (χ3n) is 4.27. The molecule has 0 aliphatic rings. The normalized spacial score (nSPS) is 11.0. The molecule has 0 unspecified atom stereocenters. The first-order valence-electron chi connectivity index (χ1n) is 8.82. The van der Waals surface area contributed by atoms with E-state index in [1.54, 1.807) is 29.6 Å². The fraction of sp³-hybridized carbons (Fsp3) is 0.136. The summed E-state index contributed by atoms with van der Waals surface area (Å²) in [4.78, 5) is 16.5. The molecule has 152 valence electrons. The molecule has 2 aromatic carbocycles. The molecule has 0 atom stereocenters. The Kier molecular flexibility index (Phi) is 6.45. The van der Waals surface area contributed by atoms with Crippen LogP contribution >= 0.6 is 11.3 Å². The smallest absolute Gasteiger partial charge is 0.162 e. The summed E-state index contributed by atoms with van der Waals surface area (Å²) < 4.78 is 23.7. The van der Waals surface area contributed by atoms with Crippen LogP contribution in [0.4, 0.5) is 10.1 Å². The van der Waals surface area contributed by atoms with Gasteiger partial charge in [-0.05, 0) is 37.3 Å². The molecular weight excluding hydrogens is 405 g/mol. The van der Waals surface area contributed by atoms with Gasteiger partial charge in [-0.3, -0.25) is 4.79 Å². The SMILES string of the molecule is COc1cc(N/C=C(\C#N)c2nc(-c3ccc(F)cc3)cs2)c(C(C)=O)cc1OC. The number of ketones is 1. The van der Waals surface area contributed by atoms with E-state index in [0.29, 0.717) is 33.5 Å². The van der Waals surface area contributed by atoms with E-state index in [0.717, 1.165) is 5.56 Å². The van der Waals surface area contributed by atoms with E-state index in [1.807, 2.05) is 0 Å². The van der Waals surface area contributed by atoms with Crippen molar-refractivity contribution < 1.29 is 18.7 Å². The summed E-state index contributed by atoms with van der Waals surface area (Å²) in [7, 11) is 2.99. The van der Waals surface area contributed by atoms with Gasteiger partial charge >= 0.3 is 0 Å². The molecule has 0 bridgehead atoms. The number of nitrogens with one attached hydrogen (secondary N) is 1. The van der Waals surface area contributed by atoms with Crippen molar-refractivity contribution in [3.05, 3.63) is 64.4 Å². The van der Waals surface area contributed by atoms with Gasteiger partial charge in [0, 0.05) is 28.8 Å². The van der Waals surface area contributed by atoms with Gasteiger partial charge in [0.1, 0.15) is 22.5 Å². The molecule has 0 aliphatic carbocycles. The molecule has 0 radical (unpaired) electrons.